The molecule has 0 aliphatic rings. The lowest BCUT2D eigenvalue weighted by Crippen LogP contribution is -2.26. The van der Waals surface area contributed by atoms with Gasteiger partial charge in [-0.25, -0.2) is 16.8 Å². The van der Waals surface area contributed by atoms with Crippen molar-refractivity contribution in [2.75, 3.05) is 35.2 Å². The molecule has 0 aliphatic carbocycles. The second-order valence-electron chi connectivity index (χ2n) is 5.92. The van der Waals surface area contributed by atoms with E-state index < -0.39 is 20.0 Å². The number of hydrogen-bond donors (Lipinski definition) is 1. The molecule has 11 heteroatoms. The SMILES string of the molecule is CN(c1ccccc1C#N)S(C)(=O)=O.CN(c1ccccc1CN)S(C)(=O)=O.Cl. The molecule has 0 aromatic heterocycles. The lowest BCUT2D eigenvalue weighted by atomic mass is 10.2. The summed E-state index contributed by atoms with van der Waals surface area (Å²) in [5.41, 5.74) is 7.71. The topological polar surface area (TPSA) is 125 Å². The third-order valence-corrected chi connectivity index (χ3v) is 6.29. The highest BCUT2D eigenvalue weighted by Gasteiger charge is 2.15. The molecule has 0 amide bonds. The van der Waals surface area contributed by atoms with Gasteiger partial charge in [-0.1, -0.05) is 30.3 Å². The minimum atomic E-state index is -3.31. The first-order chi connectivity index (χ1) is 12.9. The molecular formula is C18H25ClN4O4S2. The van der Waals surface area contributed by atoms with E-state index in [-0.39, 0.29) is 12.4 Å². The Balaban J connectivity index is 0.000000523. The third kappa shape index (κ3) is 7.55. The summed E-state index contributed by atoms with van der Waals surface area (Å²) in [6.07, 6.45) is 2.27. The predicted octanol–water partition coefficient (Wildman–Crippen LogP) is 1.92. The van der Waals surface area contributed by atoms with Crippen LogP contribution in [0.3, 0.4) is 0 Å². The minimum Gasteiger partial charge on any atom is -0.326 e. The molecule has 0 bridgehead atoms. The lowest BCUT2D eigenvalue weighted by molar-refractivity contribution is 0.598. The van der Waals surface area contributed by atoms with Crippen LogP contribution in [0.15, 0.2) is 48.5 Å². The average Bonchev–Trinajstić information content (AvgIpc) is 2.65. The quantitative estimate of drug-likeness (QED) is 0.726. The maximum Gasteiger partial charge on any atom is 0.232 e. The molecule has 0 spiro atoms. The summed E-state index contributed by atoms with van der Waals surface area (Å²) < 4.78 is 47.3. The van der Waals surface area contributed by atoms with Gasteiger partial charge in [0.15, 0.2) is 0 Å². The summed E-state index contributed by atoms with van der Waals surface area (Å²) in [6, 6.07) is 15.7. The summed E-state index contributed by atoms with van der Waals surface area (Å²) >= 11 is 0. The Labute approximate surface area is 179 Å². The Morgan fingerprint density at radius 1 is 0.862 bits per heavy atom. The van der Waals surface area contributed by atoms with Gasteiger partial charge in [-0.15, -0.1) is 12.4 Å². The molecule has 29 heavy (non-hydrogen) atoms. The van der Waals surface area contributed by atoms with Gasteiger partial charge in [0.25, 0.3) is 0 Å². The van der Waals surface area contributed by atoms with E-state index in [1.807, 2.05) is 18.2 Å². The summed E-state index contributed by atoms with van der Waals surface area (Å²) in [4.78, 5) is 0. The van der Waals surface area contributed by atoms with Crippen LogP contribution in [0, 0.1) is 11.3 Å². The molecule has 2 N–H and O–H groups in total. The highest BCUT2D eigenvalue weighted by molar-refractivity contribution is 7.92. The number of benzene rings is 2. The van der Waals surface area contributed by atoms with Gasteiger partial charge in [-0.3, -0.25) is 8.61 Å². The lowest BCUT2D eigenvalue weighted by Gasteiger charge is -2.19. The van der Waals surface area contributed by atoms with E-state index in [2.05, 4.69) is 0 Å². The number of nitrogens with zero attached hydrogens (tertiary/aromatic N) is 3. The fraction of sp³-hybridized carbons (Fsp3) is 0.278. The van der Waals surface area contributed by atoms with Crippen molar-refractivity contribution < 1.29 is 16.8 Å². The van der Waals surface area contributed by atoms with E-state index >= 15 is 0 Å². The van der Waals surface area contributed by atoms with Crippen LogP contribution in [-0.2, 0) is 26.6 Å². The maximum atomic E-state index is 11.3. The van der Waals surface area contributed by atoms with Crippen LogP contribution in [0.5, 0.6) is 0 Å². The average molecular weight is 461 g/mol. The van der Waals surface area contributed by atoms with E-state index in [0.29, 0.717) is 23.5 Å². The molecule has 2 aromatic rings. The summed E-state index contributed by atoms with van der Waals surface area (Å²) in [5, 5.41) is 8.76. The molecule has 160 valence electrons. The molecule has 0 heterocycles. The monoisotopic (exact) mass is 460 g/mol. The first-order valence-electron chi connectivity index (χ1n) is 8.08. The van der Waals surface area contributed by atoms with Gasteiger partial charge < -0.3 is 5.73 Å². The van der Waals surface area contributed by atoms with Gasteiger partial charge in [0.1, 0.15) is 6.07 Å². The Hall–Kier alpha value is -2.32. The van der Waals surface area contributed by atoms with Crippen LogP contribution in [-0.4, -0.2) is 43.4 Å². The molecule has 0 atom stereocenters. The Morgan fingerprint density at radius 2 is 1.28 bits per heavy atom. The maximum absolute atomic E-state index is 11.3. The summed E-state index contributed by atoms with van der Waals surface area (Å²) in [6.45, 7) is 0.329. The number of nitriles is 1. The van der Waals surface area contributed by atoms with Crippen molar-refractivity contribution in [2.45, 2.75) is 6.54 Å². The number of nitrogens with two attached hydrogens (primary N) is 1. The minimum absolute atomic E-state index is 0. The van der Waals surface area contributed by atoms with Crippen molar-refractivity contribution in [1.29, 1.82) is 5.26 Å². The van der Waals surface area contributed by atoms with Crippen molar-refractivity contribution in [3.8, 4) is 6.07 Å². The molecule has 0 fully saturated rings. The standard InChI is InChI=1S/C9H14N2O2S.C9H10N2O2S.ClH/c2*1-11(14(2,12)13)9-6-4-3-5-8(9)7-10;/h3-6H,7,10H2,1-2H3;3-6H,1-2H3;1H. The molecule has 0 radical (unpaired) electrons. The zero-order valence-electron chi connectivity index (χ0n) is 16.6. The highest BCUT2D eigenvalue weighted by Crippen LogP contribution is 2.21. The number of para-hydroxylation sites is 2. The van der Waals surface area contributed by atoms with Gasteiger partial charge in [0, 0.05) is 20.6 Å². The second kappa shape index (κ2) is 11.0. The van der Waals surface area contributed by atoms with Gasteiger partial charge >= 0.3 is 0 Å². The first-order valence-corrected chi connectivity index (χ1v) is 11.8. The van der Waals surface area contributed by atoms with Gasteiger partial charge in [-0.05, 0) is 23.8 Å². The first kappa shape index (κ1) is 26.7. The fourth-order valence-electron chi connectivity index (χ4n) is 2.19. The van der Waals surface area contributed by atoms with Crippen molar-refractivity contribution in [3.05, 3.63) is 59.7 Å². The largest absolute Gasteiger partial charge is 0.326 e. The van der Waals surface area contributed by atoms with Crippen LogP contribution in [0.2, 0.25) is 0 Å². The molecular weight excluding hydrogens is 436 g/mol. The number of hydrogen-bond acceptors (Lipinski definition) is 6. The van der Waals surface area contributed by atoms with E-state index in [9.17, 15) is 16.8 Å². The van der Waals surface area contributed by atoms with Crippen LogP contribution in [0.25, 0.3) is 0 Å². The van der Waals surface area contributed by atoms with Crippen molar-refractivity contribution in [1.82, 2.24) is 0 Å². The van der Waals surface area contributed by atoms with E-state index in [1.165, 1.54) is 24.7 Å². The molecule has 0 aliphatic heterocycles. The van der Waals surface area contributed by atoms with Crippen LogP contribution in [0.1, 0.15) is 11.1 Å². The Kier molecular flexibility index (Phi) is 10.1. The molecule has 2 rings (SSSR count). The van der Waals surface area contributed by atoms with E-state index in [1.54, 1.807) is 36.4 Å². The van der Waals surface area contributed by atoms with Crippen molar-refractivity contribution in [2.24, 2.45) is 5.73 Å². The van der Waals surface area contributed by atoms with Crippen LogP contribution >= 0.6 is 12.4 Å². The highest BCUT2D eigenvalue weighted by atomic mass is 35.5. The normalized spacial score (nSPS) is 10.6. The summed E-state index contributed by atoms with van der Waals surface area (Å²) in [7, 11) is -3.58. The van der Waals surface area contributed by atoms with Crippen LogP contribution in [0.4, 0.5) is 11.4 Å². The summed E-state index contributed by atoms with van der Waals surface area (Å²) in [5.74, 6) is 0. The van der Waals surface area contributed by atoms with Crippen molar-refractivity contribution >= 4 is 43.8 Å². The molecule has 0 saturated heterocycles. The zero-order valence-corrected chi connectivity index (χ0v) is 19.1. The number of anilines is 2. The van der Waals surface area contributed by atoms with Crippen molar-refractivity contribution in [3.63, 3.8) is 0 Å². The van der Waals surface area contributed by atoms with E-state index in [4.69, 9.17) is 11.0 Å². The molecule has 0 saturated carbocycles. The smallest absolute Gasteiger partial charge is 0.232 e. The Bertz CT molecular complexity index is 1070. The number of rotatable bonds is 5. The van der Waals surface area contributed by atoms with Gasteiger partial charge in [-0.2, -0.15) is 5.26 Å². The van der Waals surface area contributed by atoms with Crippen LogP contribution < -0.4 is 14.3 Å². The molecule has 8 nitrogen and oxygen atoms in total. The second-order valence-corrected chi connectivity index (χ2v) is 9.95. The van der Waals surface area contributed by atoms with Gasteiger partial charge in [0.05, 0.1) is 29.4 Å². The van der Waals surface area contributed by atoms with E-state index in [0.717, 1.165) is 16.1 Å². The Morgan fingerprint density at radius 3 is 1.72 bits per heavy atom. The molecule has 0 unspecified atom stereocenters. The third-order valence-electron chi connectivity index (χ3n) is 3.91. The van der Waals surface area contributed by atoms with Gasteiger partial charge in [0.2, 0.25) is 20.0 Å². The fourth-order valence-corrected chi connectivity index (χ4v) is 3.24. The number of sulfonamides is 2. The number of halogens is 1. The predicted molar refractivity (Wildman–Crippen MR) is 119 cm³/mol. The molecule has 2 aromatic carbocycles. The zero-order chi connectivity index (χ0) is 21.5.